The lowest BCUT2D eigenvalue weighted by Gasteiger charge is -2.53. The first-order valence-corrected chi connectivity index (χ1v) is 11.3. The molecule has 0 aromatic heterocycles. The average molecular weight is 520 g/mol. The van der Waals surface area contributed by atoms with Crippen LogP contribution in [-0.4, -0.2) is 69.7 Å². The molecule has 0 radical (unpaired) electrons. The molecule has 0 fully saturated rings. The molecule has 1 aliphatic heterocycles. The zero-order valence-electron chi connectivity index (χ0n) is 20.5. The highest BCUT2D eigenvalue weighted by molar-refractivity contribution is 6.03. The lowest BCUT2D eigenvalue weighted by molar-refractivity contribution is -0.291. The largest absolute Gasteiger partial charge is 0.433 e. The first-order chi connectivity index (χ1) is 17.3. The van der Waals surface area contributed by atoms with Crippen LogP contribution in [0.1, 0.15) is 25.0 Å². The van der Waals surface area contributed by atoms with Crippen LogP contribution in [0.2, 0.25) is 0 Å². The van der Waals surface area contributed by atoms with E-state index in [2.05, 4.69) is 0 Å². The third-order valence-corrected chi connectivity index (χ3v) is 6.43. The van der Waals surface area contributed by atoms with E-state index in [1.54, 1.807) is 36.4 Å². The van der Waals surface area contributed by atoms with Crippen LogP contribution in [0, 0.1) is 0 Å². The SMILES string of the molecule is COCC1C(=O)N(C(Cc2ccccc2)(C(C)=O)C(N)(O)C(F)(F)F)C(c2ccccc2)=CN1C(C)=O. The van der Waals surface area contributed by atoms with E-state index < -0.39 is 47.5 Å². The second kappa shape index (κ2) is 10.4. The van der Waals surface area contributed by atoms with Crippen LogP contribution < -0.4 is 5.73 Å². The fraction of sp³-hybridized carbons (Fsp3) is 0.346. The number of Topliss-reactive ketones (excluding diaryl/α,β-unsaturated/α-hetero) is 1. The lowest BCUT2D eigenvalue weighted by Crippen LogP contribution is -2.80. The molecule has 2 aromatic rings. The number of aliphatic hydroxyl groups is 1. The minimum atomic E-state index is -5.54. The molecule has 3 unspecified atom stereocenters. The fourth-order valence-corrected chi connectivity index (χ4v) is 4.55. The van der Waals surface area contributed by atoms with Crippen LogP contribution in [0.25, 0.3) is 5.70 Å². The molecule has 11 heteroatoms. The van der Waals surface area contributed by atoms with E-state index in [9.17, 15) is 32.7 Å². The molecule has 3 rings (SSSR count). The molecular weight excluding hydrogens is 491 g/mol. The number of hydrogen-bond acceptors (Lipinski definition) is 6. The predicted octanol–water partition coefficient (Wildman–Crippen LogP) is 2.47. The number of carbonyl (C=O) groups is 3. The quantitative estimate of drug-likeness (QED) is 0.518. The van der Waals surface area contributed by atoms with E-state index >= 15 is 0 Å². The summed E-state index contributed by atoms with van der Waals surface area (Å²) in [5.74, 6) is -2.86. The number of carbonyl (C=O) groups excluding carboxylic acids is 3. The van der Waals surface area contributed by atoms with Gasteiger partial charge in [0, 0.05) is 26.7 Å². The third kappa shape index (κ3) is 4.89. The second-order valence-corrected chi connectivity index (χ2v) is 8.79. The van der Waals surface area contributed by atoms with Crippen LogP contribution in [0.4, 0.5) is 13.2 Å². The topological polar surface area (TPSA) is 113 Å². The van der Waals surface area contributed by atoms with Crippen molar-refractivity contribution >= 4 is 23.3 Å². The van der Waals surface area contributed by atoms with Gasteiger partial charge in [-0.25, -0.2) is 0 Å². The van der Waals surface area contributed by atoms with Crippen molar-refractivity contribution in [3.05, 3.63) is 78.0 Å². The van der Waals surface area contributed by atoms with Gasteiger partial charge >= 0.3 is 6.18 Å². The van der Waals surface area contributed by atoms with Gasteiger partial charge in [-0.3, -0.25) is 25.0 Å². The summed E-state index contributed by atoms with van der Waals surface area (Å²) in [4.78, 5) is 41.5. The second-order valence-electron chi connectivity index (χ2n) is 8.79. The Hall–Kier alpha value is -3.54. The Morgan fingerprint density at radius 3 is 2.03 bits per heavy atom. The molecule has 0 saturated carbocycles. The first-order valence-electron chi connectivity index (χ1n) is 11.3. The molecule has 1 aliphatic rings. The number of hydrogen-bond donors (Lipinski definition) is 2. The summed E-state index contributed by atoms with van der Waals surface area (Å²) in [6.07, 6.45) is -5.13. The molecule has 3 atom stereocenters. The number of nitrogens with zero attached hydrogens (tertiary/aromatic N) is 2. The molecule has 0 aliphatic carbocycles. The van der Waals surface area contributed by atoms with E-state index in [-0.39, 0.29) is 23.4 Å². The normalized spacial score (nSPS) is 19.6. The molecule has 37 heavy (non-hydrogen) atoms. The van der Waals surface area contributed by atoms with Gasteiger partial charge in [0.1, 0.15) is 6.04 Å². The monoisotopic (exact) mass is 519 g/mol. The summed E-state index contributed by atoms with van der Waals surface area (Å²) in [7, 11) is 1.25. The number of rotatable bonds is 8. The van der Waals surface area contributed by atoms with Crippen molar-refractivity contribution in [2.75, 3.05) is 13.7 Å². The number of methoxy groups -OCH3 is 1. The van der Waals surface area contributed by atoms with E-state index in [1.165, 1.54) is 44.5 Å². The third-order valence-electron chi connectivity index (χ3n) is 6.43. The number of benzene rings is 2. The van der Waals surface area contributed by atoms with Crippen LogP contribution in [-0.2, 0) is 25.5 Å². The van der Waals surface area contributed by atoms with E-state index in [1.807, 2.05) is 0 Å². The molecule has 2 aromatic carbocycles. The summed E-state index contributed by atoms with van der Waals surface area (Å²) in [6.45, 7) is 1.63. The molecule has 3 N–H and O–H groups in total. The minimum absolute atomic E-state index is 0.211. The average Bonchev–Trinajstić information content (AvgIpc) is 2.84. The van der Waals surface area contributed by atoms with Crippen LogP contribution >= 0.6 is 0 Å². The first kappa shape index (κ1) is 28.0. The minimum Gasteiger partial charge on any atom is -0.382 e. The van der Waals surface area contributed by atoms with Gasteiger partial charge in [-0.2, -0.15) is 13.2 Å². The van der Waals surface area contributed by atoms with Gasteiger partial charge < -0.3 is 14.7 Å². The molecule has 1 heterocycles. The summed E-state index contributed by atoms with van der Waals surface area (Å²) < 4.78 is 48.5. The molecule has 0 bridgehead atoms. The number of alkyl halides is 3. The number of ketones is 1. The Morgan fingerprint density at radius 1 is 1.03 bits per heavy atom. The fourth-order valence-electron chi connectivity index (χ4n) is 4.55. The molecule has 0 spiro atoms. The van der Waals surface area contributed by atoms with Gasteiger partial charge in [-0.05, 0) is 18.1 Å². The van der Waals surface area contributed by atoms with Gasteiger partial charge in [0.05, 0.1) is 12.3 Å². The van der Waals surface area contributed by atoms with Crippen molar-refractivity contribution in [1.82, 2.24) is 9.80 Å². The molecule has 2 amide bonds. The Labute approximate surface area is 212 Å². The Bertz CT molecular complexity index is 1180. The lowest BCUT2D eigenvalue weighted by atomic mass is 9.74. The number of nitrogens with two attached hydrogens (primary N) is 1. The van der Waals surface area contributed by atoms with Crippen molar-refractivity contribution in [3.8, 4) is 0 Å². The van der Waals surface area contributed by atoms with Crippen molar-refractivity contribution in [1.29, 1.82) is 0 Å². The van der Waals surface area contributed by atoms with Crippen LogP contribution in [0.15, 0.2) is 66.9 Å². The highest BCUT2D eigenvalue weighted by Crippen LogP contribution is 2.46. The van der Waals surface area contributed by atoms with Crippen LogP contribution in [0.5, 0.6) is 0 Å². The molecule has 8 nitrogen and oxygen atoms in total. The van der Waals surface area contributed by atoms with Gasteiger partial charge in [0.25, 0.3) is 5.91 Å². The van der Waals surface area contributed by atoms with Crippen LogP contribution in [0.3, 0.4) is 0 Å². The molecular formula is C26H28F3N3O5. The number of amides is 2. The maximum absolute atomic E-state index is 14.5. The summed E-state index contributed by atoms with van der Waals surface area (Å²) >= 11 is 0. The van der Waals surface area contributed by atoms with E-state index in [0.29, 0.717) is 4.90 Å². The van der Waals surface area contributed by atoms with Crippen molar-refractivity contribution in [3.63, 3.8) is 0 Å². The predicted molar refractivity (Wildman–Crippen MR) is 128 cm³/mol. The number of halogens is 3. The smallest absolute Gasteiger partial charge is 0.382 e. The summed E-state index contributed by atoms with van der Waals surface area (Å²) in [5.41, 5.74) is -1.39. The standard InChI is InChI=1S/C26H28F3N3O5/c1-17(33)24(25(30,36)26(27,28)29,14-19-10-6-4-7-11-19)32-21(20-12-8-5-9-13-20)15-31(18(2)34)22(16-37-3)23(32)35/h4-13,15,22,36H,14,16,30H2,1-3H3. The highest BCUT2D eigenvalue weighted by atomic mass is 19.4. The zero-order valence-corrected chi connectivity index (χ0v) is 20.5. The van der Waals surface area contributed by atoms with Gasteiger partial charge in [-0.15, -0.1) is 0 Å². The van der Waals surface area contributed by atoms with Crippen molar-refractivity contribution < 1.29 is 37.4 Å². The molecule has 198 valence electrons. The Morgan fingerprint density at radius 2 is 1.57 bits per heavy atom. The zero-order chi connectivity index (χ0) is 27.6. The Balaban J connectivity index is 2.45. The molecule has 0 saturated heterocycles. The summed E-state index contributed by atoms with van der Waals surface area (Å²) in [6, 6.07) is 14.0. The van der Waals surface area contributed by atoms with Crippen molar-refractivity contribution in [2.45, 2.75) is 43.8 Å². The highest BCUT2D eigenvalue weighted by Gasteiger charge is 2.71. The summed E-state index contributed by atoms with van der Waals surface area (Å²) in [5, 5.41) is 11.0. The van der Waals surface area contributed by atoms with Gasteiger partial charge in [0.15, 0.2) is 11.3 Å². The van der Waals surface area contributed by atoms with E-state index in [4.69, 9.17) is 10.5 Å². The van der Waals surface area contributed by atoms with Gasteiger partial charge in [0.2, 0.25) is 11.6 Å². The number of ether oxygens (including phenoxy) is 1. The Kier molecular flexibility index (Phi) is 7.91. The maximum atomic E-state index is 14.5. The maximum Gasteiger partial charge on any atom is 0.433 e. The van der Waals surface area contributed by atoms with E-state index in [0.717, 1.165) is 11.8 Å². The van der Waals surface area contributed by atoms with Gasteiger partial charge in [-0.1, -0.05) is 60.7 Å². The van der Waals surface area contributed by atoms with Crippen molar-refractivity contribution in [2.24, 2.45) is 5.73 Å².